The monoisotopic (exact) mass is 380 g/mol. The van der Waals surface area contributed by atoms with Crippen molar-refractivity contribution in [1.82, 2.24) is 34.7 Å². The SMILES string of the molecule is O=C(Nc1ccc(-n2cnnn2)cc1)C1CCCCN1C(=O)Cn1ccnc1. The van der Waals surface area contributed by atoms with Crippen molar-refractivity contribution in [2.24, 2.45) is 0 Å². The van der Waals surface area contributed by atoms with E-state index in [4.69, 9.17) is 0 Å². The van der Waals surface area contributed by atoms with Crippen molar-refractivity contribution in [3.8, 4) is 5.69 Å². The molecule has 2 amide bonds. The lowest BCUT2D eigenvalue weighted by molar-refractivity contribution is -0.140. The number of nitrogens with zero attached hydrogens (tertiary/aromatic N) is 7. The number of tetrazole rings is 1. The Morgan fingerprint density at radius 2 is 2.00 bits per heavy atom. The van der Waals surface area contributed by atoms with Gasteiger partial charge in [-0.2, -0.15) is 0 Å². The standard InChI is InChI=1S/C18H20N8O2/c27-17(11-24-10-8-19-12-24)25-9-2-1-3-16(25)18(28)21-14-4-6-15(7-5-14)26-13-20-22-23-26/h4-8,10,12-13,16H,1-3,9,11H2,(H,21,28). The van der Waals surface area contributed by atoms with Gasteiger partial charge in [-0.1, -0.05) is 0 Å². The van der Waals surface area contributed by atoms with Crippen molar-refractivity contribution in [3.63, 3.8) is 0 Å². The molecule has 1 aliphatic heterocycles. The molecule has 1 fully saturated rings. The van der Waals surface area contributed by atoms with Gasteiger partial charge in [-0.15, -0.1) is 5.10 Å². The van der Waals surface area contributed by atoms with Crippen molar-refractivity contribution in [3.05, 3.63) is 49.3 Å². The fraction of sp³-hybridized carbons (Fsp3) is 0.333. The van der Waals surface area contributed by atoms with Crippen LogP contribution in [0.2, 0.25) is 0 Å². The van der Waals surface area contributed by atoms with Crippen molar-refractivity contribution >= 4 is 17.5 Å². The van der Waals surface area contributed by atoms with Gasteiger partial charge in [0.15, 0.2) is 0 Å². The van der Waals surface area contributed by atoms with Gasteiger partial charge in [-0.25, -0.2) is 9.67 Å². The molecule has 1 aromatic carbocycles. The van der Waals surface area contributed by atoms with Crippen LogP contribution in [0.3, 0.4) is 0 Å². The summed E-state index contributed by atoms with van der Waals surface area (Å²) >= 11 is 0. The van der Waals surface area contributed by atoms with Crippen molar-refractivity contribution < 1.29 is 9.59 Å². The number of carbonyl (C=O) groups is 2. The van der Waals surface area contributed by atoms with Crippen molar-refractivity contribution in [2.45, 2.75) is 31.8 Å². The molecule has 10 nitrogen and oxygen atoms in total. The van der Waals surface area contributed by atoms with E-state index >= 15 is 0 Å². The number of amides is 2. The molecule has 144 valence electrons. The van der Waals surface area contributed by atoms with Crippen LogP contribution in [-0.4, -0.2) is 59.1 Å². The van der Waals surface area contributed by atoms with Crippen LogP contribution >= 0.6 is 0 Å². The number of carbonyl (C=O) groups excluding carboxylic acids is 2. The average Bonchev–Trinajstić information content (AvgIpc) is 3.43. The van der Waals surface area contributed by atoms with Gasteiger partial charge in [0.2, 0.25) is 11.8 Å². The second-order valence-electron chi connectivity index (χ2n) is 6.62. The molecule has 1 N–H and O–H groups in total. The minimum absolute atomic E-state index is 0.0770. The number of hydrogen-bond acceptors (Lipinski definition) is 6. The second-order valence-corrected chi connectivity index (χ2v) is 6.62. The van der Waals surface area contributed by atoms with Crippen molar-refractivity contribution in [2.75, 3.05) is 11.9 Å². The number of anilines is 1. The van der Waals surface area contributed by atoms with Crippen molar-refractivity contribution in [1.29, 1.82) is 0 Å². The summed E-state index contributed by atoms with van der Waals surface area (Å²) in [5.74, 6) is -0.249. The smallest absolute Gasteiger partial charge is 0.247 e. The summed E-state index contributed by atoms with van der Waals surface area (Å²) in [5.41, 5.74) is 1.45. The number of nitrogens with one attached hydrogen (secondary N) is 1. The molecule has 28 heavy (non-hydrogen) atoms. The van der Waals surface area contributed by atoms with Gasteiger partial charge in [0.05, 0.1) is 12.0 Å². The van der Waals surface area contributed by atoms with E-state index in [1.807, 2.05) is 12.1 Å². The Kier molecular flexibility index (Phi) is 5.09. The minimum Gasteiger partial charge on any atom is -0.329 e. The molecule has 0 aliphatic carbocycles. The predicted molar refractivity (Wildman–Crippen MR) is 99.4 cm³/mol. The highest BCUT2D eigenvalue weighted by Gasteiger charge is 2.32. The lowest BCUT2D eigenvalue weighted by Crippen LogP contribution is -2.50. The quantitative estimate of drug-likeness (QED) is 0.703. The molecule has 1 unspecified atom stereocenters. The van der Waals surface area contributed by atoms with E-state index in [-0.39, 0.29) is 18.4 Å². The van der Waals surface area contributed by atoms with Crippen LogP contribution in [0.15, 0.2) is 49.3 Å². The number of rotatable bonds is 5. The summed E-state index contributed by atoms with van der Waals surface area (Å²) in [5, 5.41) is 13.9. The zero-order chi connectivity index (χ0) is 19.3. The summed E-state index contributed by atoms with van der Waals surface area (Å²) in [6.07, 6.45) is 8.95. The van der Waals surface area contributed by atoms with Crippen LogP contribution in [0, 0.1) is 0 Å². The lowest BCUT2D eigenvalue weighted by Gasteiger charge is -2.34. The highest BCUT2D eigenvalue weighted by Crippen LogP contribution is 2.20. The largest absolute Gasteiger partial charge is 0.329 e. The first kappa shape index (κ1) is 17.8. The Morgan fingerprint density at radius 1 is 1.14 bits per heavy atom. The summed E-state index contributed by atoms with van der Waals surface area (Å²) in [6.45, 7) is 0.772. The van der Waals surface area contributed by atoms with Gasteiger partial charge in [0.25, 0.3) is 0 Å². The molecular weight excluding hydrogens is 360 g/mol. The van der Waals surface area contributed by atoms with Crippen LogP contribution in [0.25, 0.3) is 5.69 Å². The summed E-state index contributed by atoms with van der Waals surface area (Å²) < 4.78 is 3.24. The second kappa shape index (κ2) is 7.99. The zero-order valence-corrected chi connectivity index (χ0v) is 15.2. The number of imidazole rings is 1. The molecule has 10 heteroatoms. The van der Waals surface area contributed by atoms with Gasteiger partial charge in [-0.05, 0) is 54.0 Å². The number of hydrogen-bond donors (Lipinski definition) is 1. The highest BCUT2D eigenvalue weighted by atomic mass is 16.2. The molecule has 4 rings (SSSR count). The minimum atomic E-state index is -0.469. The van der Waals surface area contributed by atoms with Gasteiger partial charge in [0, 0.05) is 24.6 Å². The fourth-order valence-electron chi connectivity index (χ4n) is 3.33. The Labute approximate surface area is 161 Å². The molecule has 1 saturated heterocycles. The molecule has 3 aromatic rings. The maximum absolute atomic E-state index is 12.8. The van der Waals surface area contributed by atoms with E-state index in [9.17, 15) is 9.59 Å². The predicted octanol–water partition coefficient (Wildman–Crippen LogP) is 0.879. The van der Waals surface area contributed by atoms with Gasteiger partial charge >= 0.3 is 0 Å². The lowest BCUT2D eigenvalue weighted by atomic mass is 10.0. The molecule has 0 spiro atoms. The average molecular weight is 380 g/mol. The van der Waals surface area contributed by atoms with Crippen LogP contribution in [0.1, 0.15) is 19.3 Å². The molecular formula is C18H20N8O2. The van der Waals surface area contributed by atoms with Crippen LogP contribution < -0.4 is 5.32 Å². The zero-order valence-electron chi connectivity index (χ0n) is 15.2. The van der Waals surface area contributed by atoms with E-state index in [1.165, 1.54) is 11.0 Å². The normalized spacial score (nSPS) is 16.7. The van der Waals surface area contributed by atoms with Gasteiger partial charge in [-0.3, -0.25) is 9.59 Å². The third kappa shape index (κ3) is 3.90. The molecule has 1 aliphatic rings. The third-order valence-corrected chi connectivity index (χ3v) is 4.75. The van der Waals surface area contributed by atoms with E-state index in [0.29, 0.717) is 18.7 Å². The van der Waals surface area contributed by atoms with Crippen LogP contribution in [-0.2, 0) is 16.1 Å². The maximum atomic E-state index is 12.8. The molecule has 2 aromatic heterocycles. The van der Waals surface area contributed by atoms with Gasteiger partial charge < -0.3 is 14.8 Å². The first-order valence-electron chi connectivity index (χ1n) is 9.10. The van der Waals surface area contributed by atoms with Crippen LogP contribution in [0.4, 0.5) is 5.69 Å². The topological polar surface area (TPSA) is 111 Å². The van der Waals surface area contributed by atoms with Gasteiger partial charge in [0.1, 0.15) is 18.9 Å². The highest BCUT2D eigenvalue weighted by molar-refractivity contribution is 5.97. The number of aromatic nitrogens is 6. The van der Waals surface area contributed by atoms with E-state index < -0.39 is 6.04 Å². The Morgan fingerprint density at radius 3 is 2.71 bits per heavy atom. The Balaban J connectivity index is 1.42. The third-order valence-electron chi connectivity index (χ3n) is 4.75. The first-order chi connectivity index (χ1) is 13.7. The molecule has 1 atom stereocenters. The summed E-state index contributed by atoms with van der Waals surface area (Å²) in [6, 6.07) is 6.73. The Hall–Kier alpha value is -3.56. The van der Waals surface area contributed by atoms with Crippen LogP contribution in [0.5, 0.6) is 0 Å². The first-order valence-corrected chi connectivity index (χ1v) is 9.10. The number of benzene rings is 1. The Bertz CT molecular complexity index is 921. The fourth-order valence-corrected chi connectivity index (χ4v) is 3.33. The number of likely N-dealkylation sites (tertiary alicyclic amines) is 1. The summed E-state index contributed by atoms with van der Waals surface area (Å²) in [7, 11) is 0. The maximum Gasteiger partial charge on any atom is 0.247 e. The summed E-state index contributed by atoms with van der Waals surface area (Å²) in [4.78, 5) is 31.2. The molecule has 3 heterocycles. The van der Waals surface area contributed by atoms with E-state index in [1.54, 1.807) is 40.3 Å². The van der Waals surface area contributed by atoms with E-state index in [0.717, 1.165) is 18.5 Å². The molecule has 0 bridgehead atoms. The molecule has 0 radical (unpaired) electrons. The molecule has 0 saturated carbocycles. The number of piperidine rings is 1. The van der Waals surface area contributed by atoms with E-state index in [2.05, 4.69) is 25.8 Å².